The summed E-state index contributed by atoms with van der Waals surface area (Å²) in [6.45, 7) is 0. The van der Waals surface area contributed by atoms with Crippen LogP contribution in [0.15, 0.2) is 42.5 Å². The van der Waals surface area contributed by atoms with Crippen molar-refractivity contribution in [2.75, 3.05) is 0 Å². The molecule has 1 nitrogen and oxygen atoms in total. The van der Waals surface area contributed by atoms with Crippen LogP contribution in [0.2, 0.25) is 5.02 Å². The van der Waals surface area contributed by atoms with Crippen LogP contribution in [0, 0.1) is 5.82 Å². The fraction of sp³-hybridized carbons (Fsp3) is 0.222. The third-order valence-electron chi connectivity index (χ3n) is 4.47. The van der Waals surface area contributed by atoms with Gasteiger partial charge in [0.05, 0.1) is 0 Å². The van der Waals surface area contributed by atoms with E-state index in [4.69, 9.17) is 11.6 Å². The summed E-state index contributed by atoms with van der Waals surface area (Å²) in [7, 11) is 0. The SMILES string of the molecule is Fc1cccc(C2CCc3[nH]c4ccc(Cl)cc4c3C2)c1. The molecule has 1 aliphatic carbocycles. The van der Waals surface area contributed by atoms with Crippen LogP contribution in [0.3, 0.4) is 0 Å². The Labute approximate surface area is 127 Å². The van der Waals surface area contributed by atoms with E-state index in [-0.39, 0.29) is 5.82 Å². The Morgan fingerprint density at radius 2 is 2.05 bits per heavy atom. The Kier molecular flexibility index (Phi) is 3.00. The summed E-state index contributed by atoms with van der Waals surface area (Å²) in [5, 5.41) is 1.97. The molecule has 4 rings (SSSR count). The van der Waals surface area contributed by atoms with Gasteiger partial charge in [-0.15, -0.1) is 0 Å². The third-order valence-corrected chi connectivity index (χ3v) is 4.71. The maximum Gasteiger partial charge on any atom is 0.123 e. The van der Waals surface area contributed by atoms with Crippen LogP contribution in [0.4, 0.5) is 4.39 Å². The van der Waals surface area contributed by atoms with Crippen LogP contribution < -0.4 is 0 Å². The molecule has 0 saturated carbocycles. The summed E-state index contributed by atoms with van der Waals surface area (Å²) in [5.41, 5.74) is 4.88. The van der Waals surface area contributed by atoms with Crippen molar-refractivity contribution >= 4 is 22.5 Å². The fourth-order valence-electron chi connectivity index (χ4n) is 3.43. The van der Waals surface area contributed by atoms with Crippen molar-refractivity contribution in [2.24, 2.45) is 0 Å². The van der Waals surface area contributed by atoms with Crippen molar-refractivity contribution < 1.29 is 4.39 Å². The standard InChI is InChI=1S/C18H15ClFN/c19-13-5-7-18-16(10-13)15-9-12(4-6-17(15)21-18)11-2-1-3-14(20)8-11/h1-3,5,7-8,10,12,21H,4,6,9H2. The Bertz CT molecular complexity index is 821. The predicted octanol–water partition coefficient (Wildman–Crippen LogP) is 5.23. The molecule has 1 heterocycles. The first kappa shape index (κ1) is 12.9. The molecule has 1 N–H and O–H groups in total. The van der Waals surface area contributed by atoms with Crippen molar-refractivity contribution in [1.29, 1.82) is 0 Å². The highest BCUT2D eigenvalue weighted by atomic mass is 35.5. The molecule has 1 aliphatic rings. The summed E-state index contributed by atoms with van der Waals surface area (Å²) >= 11 is 6.13. The van der Waals surface area contributed by atoms with E-state index in [0.29, 0.717) is 5.92 Å². The number of nitrogens with one attached hydrogen (secondary N) is 1. The van der Waals surface area contributed by atoms with Gasteiger partial charge in [-0.2, -0.15) is 0 Å². The van der Waals surface area contributed by atoms with Gasteiger partial charge >= 0.3 is 0 Å². The van der Waals surface area contributed by atoms with Crippen molar-refractivity contribution in [2.45, 2.75) is 25.2 Å². The van der Waals surface area contributed by atoms with Gasteiger partial charge in [0.2, 0.25) is 0 Å². The fourth-order valence-corrected chi connectivity index (χ4v) is 3.61. The molecule has 0 aliphatic heterocycles. The quantitative estimate of drug-likeness (QED) is 0.633. The number of aromatic amines is 1. The van der Waals surface area contributed by atoms with E-state index in [0.717, 1.165) is 35.4 Å². The van der Waals surface area contributed by atoms with Crippen LogP contribution in [0.1, 0.15) is 29.2 Å². The summed E-state index contributed by atoms with van der Waals surface area (Å²) in [4.78, 5) is 3.49. The van der Waals surface area contributed by atoms with Gasteiger partial charge < -0.3 is 4.98 Å². The molecule has 0 bridgehead atoms. The maximum atomic E-state index is 13.4. The molecule has 0 spiro atoms. The molecule has 1 unspecified atom stereocenters. The van der Waals surface area contributed by atoms with Gasteiger partial charge in [-0.1, -0.05) is 23.7 Å². The number of aryl methyl sites for hydroxylation is 1. The third kappa shape index (κ3) is 2.24. The van der Waals surface area contributed by atoms with Gasteiger partial charge in [0.1, 0.15) is 5.82 Å². The van der Waals surface area contributed by atoms with E-state index in [2.05, 4.69) is 4.98 Å². The van der Waals surface area contributed by atoms with Crippen LogP contribution >= 0.6 is 11.6 Å². The molecule has 0 amide bonds. The van der Waals surface area contributed by atoms with Crippen molar-refractivity contribution in [3.05, 3.63) is 70.1 Å². The zero-order chi connectivity index (χ0) is 14.4. The second kappa shape index (κ2) is 4.88. The second-order valence-corrected chi connectivity index (χ2v) is 6.20. The molecule has 0 fully saturated rings. The molecule has 3 aromatic rings. The minimum absolute atomic E-state index is 0.153. The zero-order valence-electron chi connectivity index (χ0n) is 11.5. The van der Waals surface area contributed by atoms with E-state index < -0.39 is 0 Å². The number of fused-ring (bicyclic) bond motifs is 3. The number of H-pyrrole nitrogens is 1. The summed E-state index contributed by atoms with van der Waals surface area (Å²) in [5.74, 6) is 0.228. The lowest BCUT2D eigenvalue weighted by Crippen LogP contribution is -2.12. The highest BCUT2D eigenvalue weighted by Crippen LogP contribution is 2.37. The van der Waals surface area contributed by atoms with Gasteiger partial charge in [-0.3, -0.25) is 0 Å². The molecule has 0 saturated heterocycles. The van der Waals surface area contributed by atoms with E-state index in [1.165, 1.54) is 22.7 Å². The van der Waals surface area contributed by atoms with Crippen molar-refractivity contribution in [1.82, 2.24) is 4.98 Å². The van der Waals surface area contributed by atoms with E-state index in [9.17, 15) is 4.39 Å². The highest BCUT2D eigenvalue weighted by molar-refractivity contribution is 6.31. The minimum atomic E-state index is -0.153. The number of halogens is 2. The average molecular weight is 300 g/mol. The van der Waals surface area contributed by atoms with Crippen LogP contribution in [-0.2, 0) is 12.8 Å². The van der Waals surface area contributed by atoms with Gasteiger partial charge in [-0.25, -0.2) is 4.39 Å². The van der Waals surface area contributed by atoms with Gasteiger partial charge in [0.25, 0.3) is 0 Å². The van der Waals surface area contributed by atoms with Crippen LogP contribution in [0.5, 0.6) is 0 Å². The minimum Gasteiger partial charge on any atom is -0.358 e. The van der Waals surface area contributed by atoms with Crippen LogP contribution in [0.25, 0.3) is 10.9 Å². The van der Waals surface area contributed by atoms with Crippen LogP contribution in [-0.4, -0.2) is 4.98 Å². The first-order valence-electron chi connectivity index (χ1n) is 7.25. The molecule has 106 valence electrons. The van der Waals surface area contributed by atoms with Gasteiger partial charge in [-0.05, 0) is 66.6 Å². The Balaban J connectivity index is 1.77. The highest BCUT2D eigenvalue weighted by Gasteiger charge is 2.23. The number of hydrogen-bond acceptors (Lipinski definition) is 0. The predicted molar refractivity (Wildman–Crippen MR) is 84.5 cm³/mol. The first-order valence-corrected chi connectivity index (χ1v) is 7.63. The van der Waals surface area contributed by atoms with Gasteiger partial charge in [0.15, 0.2) is 0 Å². The first-order chi connectivity index (χ1) is 10.2. The van der Waals surface area contributed by atoms with E-state index in [1.807, 2.05) is 24.3 Å². The Hall–Kier alpha value is -1.80. The van der Waals surface area contributed by atoms with E-state index >= 15 is 0 Å². The lowest BCUT2D eigenvalue weighted by atomic mass is 9.82. The summed E-state index contributed by atoms with van der Waals surface area (Å²) < 4.78 is 13.4. The Morgan fingerprint density at radius 3 is 2.90 bits per heavy atom. The number of aromatic nitrogens is 1. The second-order valence-electron chi connectivity index (χ2n) is 5.77. The zero-order valence-corrected chi connectivity index (χ0v) is 12.3. The molecule has 2 aromatic carbocycles. The molecule has 1 aromatic heterocycles. The molecular weight excluding hydrogens is 285 g/mol. The van der Waals surface area contributed by atoms with Crippen molar-refractivity contribution in [3.8, 4) is 0 Å². The Morgan fingerprint density at radius 1 is 1.14 bits per heavy atom. The summed E-state index contributed by atoms with van der Waals surface area (Å²) in [6.07, 6.45) is 3.00. The largest absolute Gasteiger partial charge is 0.358 e. The lowest BCUT2D eigenvalue weighted by Gasteiger charge is -2.23. The number of rotatable bonds is 1. The molecule has 0 radical (unpaired) electrons. The smallest absolute Gasteiger partial charge is 0.123 e. The maximum absolute atomic E-state index is 13.4. The summed E-state index contributed by atoms with van der Waals surface area (Å²) in [6, 6.07) is 13.0. The lowest BCUT2D eigenvalue weighted by molar-refractivity contribution is 0.571. The van der Waals surface area contributed by atoms with E-state index in [1.54, 1.807) is 12.1 Å². The molecule has 3 heteroatoms. The monoisotopic (exact) mass is 299 g/mol. The number of benzene rings is 2. The molecular formula is C18H15ClFN. The topological polar surface area (TPSA) is 15.8 Å². The average Bonchev–Trinajstić information content (AvgIpc) is 2.84. The molecule has 21 heavy (non-hydrogen) atoms. The molecule has 1 atom stereocenters. The normalized spacial score (nSPS) is 17.9. The number of hydrogen-bond donors (Lipinski definition) is 1. The van der Waals surface area contributed by atoms with Gasteiger partial charge in [0, 0.05) is 21.6 Å². The van der Waals surface area contributed by atoms with Crippen molar-refractivity contribution in [3.63, 3.8) is 0 Å².